The normalized spacial score (nSPS) is 10.4. The van der Waals surface area contributed by atoms with Gasteiger partial charge in [-0.15, -0.1) is 0 Å². The van der Waals surface area contributed by atoms with Gasteiger partial charge in [-0.25, -0.2) is 4.98 Å². The van der Waals surface area contributed by atoms with Gasteiger partial charge >= 0.3 is 0 Å². The predicted molar refractivity (Wildman–Crippen MR) is 63.0 cm³/mol. The van der Waals surface area contributed by atoms with E-state index in [0.717, 1.165) is 11.4 Å². The second-order valence-corrected chi connectivity index (χ2v) is 3.99. The van der Waals surface area contributed by atoms with Crippen LogP contribution in [0.2, 0.25) is 5.02 Å². The van der Waals surface area contributed by atoms with Gasteiger partial charge in [0.05, 0.1) is 17.0 Å². The summed E-state index contributed by atoms with van der Waals surface area (Å²) in [6.07, 6.45) is 3.72. The van der Waals surface area contributed by atoms with E-state index in [1.165, 1.54) is 0 Å². The minimum Gasteiger partial charge on any atom is -0.301 e. The van der Waals surface area contributed by atoms with Crippen molar-refractivity contribution in [3.63, 3.8) is 0 Å². The Kier molecular flexibility index (Phi) is 3.06. The minimum atomic E-state index is 0.105. The average molecular weight is 235 g/mol. The van der Waals surface area contributed by atoms with E-state index in [-0.39, 0.29) is 5.78 Å². The molecule has 0 bridgehead atoms. The highest BCUT2D eigenvalue weighted by atomic mass is 35.5. The lowest BCUT2D eigenvalue weighted by atomic mass is 10.2. The first kappa shape index (κ1) is 10.9. The summed E-state index contributed by atoms with van der Waals surface area (Å²) in [6, 6.07) is 7.48. The van der Waals surface area contributed by atoms with Crippen molar-refractivity contribution >= 4 is 17.4 Å². The first-order valence-electron chi connectivity index (χ1n) is 4.94. The van der Waals surface area contributed by atoms with Gasteiger partial charge in [0.1, 0.15) is 5.78 Å². The number of benzene rings is 1. The molecule has 0 spiro atoms. The van der Waals surface area contributed by atoms with Gasteiger partial charge in [0.15, 0.2) is 0 Å². The molecule has 0 radical (unpaired) electrons. The molecule has 1 aromatic heterocycles. The van der Waals surface area contributed by atoms with E-state index in [0.29, 0.717) is 11.4 Å². The molecule has 0 N–H and O–H groups in total. The number of Topliss-reactive ketones (excluding diaryl/α,β-unsaturated/α-hetero) is 1. The van der Waals surface area contributed by atoms with Gasteiger partial charge in [-0.05, 0) is 19.1 Å². The number of carbonyl (C=O) groups excluding carboxylic acids is 1. The molecule has 0 atom stereocenters. The molecule has 0 saturated heterocycles. The Morgan fingerprint density at radius 3 is 2.88 bits per heavy atom. The molecule has 3 nitrogen and oxygen atoms in total. The zero-order chi connectivity index (χ0) is 11.5. The molecule has 1 aromatic carbocycles. The number of aromatic nitrogens is 2. The number of hydrogen-bond acceptors (Lipinski definition) is 2. The van der Waals surface area contributed by atoms with E-state index < -0.39 is 0 Å². The largest absolute Gasteiger partial charge is 0.301 e. The van der Waals surface area contributed by atoms with Crippen molar-refractivity contribution in [3.8, 4) is 5.69 Å². The molecule has 16 heavy (non-hydrogen) atoms. The summed E-state index contributed by atoms with van der Waals surface area (Å²) in [4.78, 5) is 15.2. The van der Waals surface area contributed by atoms with Gasteiger partial charge in [0.2, 0.25) is 0 Å². The van der Waals surface area contributed by atoms with Crippen molar-refractivity contribution in [1.29, 1.82) is 0 Å². The summed E-state index contributed by atoms with van der Waals surface area (Å²) in [5.74, 6) is 0.105. The summed E-state index contributed by atoms with van der Waals surface area (Å²) < 4.78 is 1.84. The molecule has 2 aromatic rings. The Labute approximate surface area is 98.7 Å². The van der Waals surface area contributed by atoms with Crippen LogP contribution < -0.4 is 0 Å². The lowest BCUT2D eigenvalue weighted by Gasteiger charge is -2.08. The van der Waals surface area contributed by atoms with E-state index >= 15 is 0 Å². The third-order valence-electron chi connectivity index (χ3n) is 2.26. The Balaban J connectivity index is 2.45. The van der Waals surface area contributed by atoms with Gasteiger partial charge < -0.3 is 4.57 Å². The van der Waals surface area contributed by atoms with Crippen LogP contribution in [0, 0.1) is 0 Å². The molecule has 0 aliphatic heterocycles. The fourth-order valence-corrected chi connectivity index (χ4v) is 1.80. The summed E-state index contributed by atoms with van der Waals surface area (Å²) in [7, 11) is 0. The van der Waals surface area contributed by atoms with Crippen molar-refractivity contribution in [2.45, 2.75) is 13.3 Å². The van der Waals surface area contributed by atoms with Crippen molar-refractivity contribution in [2.24, 2.45) is 0 Å². The Bertz CT molecular complexity index is 519. The fourth-order valence-electron chi connectivity index (χ4n) is 1.57. The SMILES string of the molecule is CC(=O)Cc1cncn1-c1ccccc1Cl. The highest BCUT2D eigenvalue weighted by Gasteiger charge is 2.08. The second-order valence-electron chi connectivity index (χ2n) is 3.59. The van der Waals surface area contributed by atoms with Crippen LogP contribution in [0.3, 0.4) is 0 Å². The van der Waals surface area contributed by atoms with Crippen LogP contribution in [0.4, 0.5) is 0 Å². The van der Waals surface area contributed by atoms with Crippen LogP contribution in [0.1, 0.15) is 12.6 Å². The summed E-state index contributed by atoms with van der Waals surface area (Å²) in [6.45, 7) is 1.56. The van der Waals surface area contributed by atoms with Crippen LogP contribution in [-0.2, 0) is 11.2 Å². The number of halogens is 1. The van der Waals surface area contributed by atoms with E-state index in [9.17, 15) is 4.79 Å². The molecule has 2 rings (SSSR count). The third kappa shape index (κ3) is 2.14. The minimum absolute atomic E-state index is 0.105. The zero-order valence-electron chi connectivity index (χ0n) is 8.85. The van der Waals surface area contributed by atoms with Crippen molar-refractivity contribution in [3.05, 3.63) is 47.5 Å². The van der Waals surface area contributed by atoms with Crippen LogP contribution in [-0.4, -0.2) is 15.3 Å². The Hall–Kier alpha value is -1.61. The van der Waals surface area contributed by atoms with Gasteiger partial charge in [-0.3, -0.25) is 4.79 Å². The highest BCUT2D eigenvalue weighted by Crippen LogP contribution is 2.21. The third-order valence-corrected chi connectivity index (χ3v) is 2.58. The molecule has 1 heterocycles. The topological polar surface area (TPSA) is 34.9 Å². The first-order chi connectivity index (χ1) is 7.68. The quantitative estimate of drug-likeness (QED) is 0.819. The van der Waals surface area contributed by atoms with Crippen molar-refractivity contribution in [2.75, 3.05) is 0 Å². The predicted octanol–water partition coefficient (Wildman–Crippen LogP) is 2.66. The number of ketones is 1. The van der Waals surface area contributed by atoms with Crippen molar-refractivity contribution in [1.82, 2.24) is 9.55 Å². The fraction of sp³-hybridized carbons (Fsp3) is 0.167. The van der Waals surface area contributed by atoms with E-state index in [2.05, 4.69) is 4.98 Å². The standard InChI is InChI=1S/C12H11ClN2O/c1-9(16)6-10-7-14-8-15(10)12-5-3-2-4-11(12)13/h2-5,7-8H,6H2,1H3. The van der Waals surface area contributed by atoms with Crippen molar-refractivity contribution < 1.29 is 4.79 Å². The lowest BCUT2D eigenvalue weighted by Crippen LogP contribution is -2.04. The molecular formula is C12H11ClN2O. The maximum Gasteiger partial charge on any atom is 0.135 e. The molecule has 0 fully saturated rings. The molecule has 0 unspecified atom stereocenters. The molecular weight excluding hydrogens is 224 g/mol. The molecule has 82 valence electrons. The summed E-state index contributed by atoms with van der Waals surface area (Å²) in [5, 5.41) is 0.644. The molecule has 0 aliphatic carbocycles. The highest BCUT2D eigenvalue weighted by molar-refractivity contribution is 6.32. The number of carbonyl (C=O) groups is 1. The molecule has 0 aliphatic rings. The second kappa shape index (κ2) is 4.49. The Morgan fingerprint density at radius 1 is 1.44 bits per heavy atom. The number of rotatable bonds is 3. The number of hydrogen-bond donors (Lipinski definition) is 0. The summed E-state index contributed by atoms with van der Waals surface area (Å²) >= 11 is 6.09. The molecule has 0 amide bonds. The van der Waals surface area contributed by atoms with Crippen LogP contribution in [0.25, 0.3) is 5.69 Å². The van der Waals surface area contributed by atoms with E-state index in [4.69, 9.17) is 11.6 Å². The monoisotopic (exact) mass is 234 g/mol. The van der Waals surface area contributed by atoms with E-state index in [1.54, 1.807) is 19.4 Å². The van der Waals surface area contributed by atoms with Crippen LogP contribution >= 0.6 is 11.6 Å². The molecule has 0 saturated carbocycles. The average Bonchev–Trinajstić information content (AvgIpc) is 2.66. The van der Waals surface area contributed by atoms with Gasteiger partial charge in [0, 0.05) is 18.3 Å². The number of imidazole rings is 1. The van der Waals surface area contributed by atoms with Crippen LogP contribution in [0.5, 0.6) is 0 Å². The first-order valence-corrected chi connectivity index (χ1v) is 5.32. The van der Waals surface area contributed by atoms with Gasteiger partial charge in [-0.1, -0.05) is 23.7 Å². The lowest BCUT2D eigenvalue weighted by molar-refractivity contribution is -0.116. The van der Waals surface area contributed by atoms with E-state index in [1.807, 2.05) is 28.8 Å². The number of nitrogens with zero attached hydrogens (tertiary/aromatic N) is 2. The zero-order valence-corrected chi connectivity index (χ0v) is 9.61. The number of para-hydroxylation sites is 1. The maximum atomic E-state index is 11.1. The smallest absolute Gasteiger partial charge is 0.135 e. The Morgan fingerprint density at radius 2 is 2.19 bits per heavy atom. The van der Waals surface area contributed by atoms with Crippen LogP contribution in [0.15, 0.2) is 36.8 Å². The maximum absolute atomic E-state index is 11.1. The van der Waals surface area contributed by atoms with Gasteiger partial charge in [0.25, 0.3) is 0 Å². The molecule has 4 heteroatoms. The van der Waals surface area contributed by atoms with Gasteiger partial charge in [-0.2, -0.15) is 0 Å². The summed E-state index contributed by atoms with van der Waals surface area (Å²) in [5.41, 5.74) is 1.69.